The molecule has 1 unspecified atom stereocenters. The van der Waals surface area contributed by atoms with Crippen LogP contribution in [0.15, 0.2) is 30.5 Å². The predicted molar refractivity (Wildman–Crippen MR) is 102 cm³/mol. The van der Waals surface area contributed by atoms with E-state index in [0.717, 1.165) is 29.0 Å². The van der Waals surface area contributed by atoms with Crippen LogP contribution in [0.5, 0.6) is 11.6 Å². The van der Waals surface area contributed by atoms with Crippen LogP contribution in [0, 0.1) is 6.92 Å². The van der Waals surface area contributed by atoms with Gasteiger partial charge in [-0.2, -0.15) is 13.2 Å². The highest BCUT2D eigenvalue weighted by atomic mass is 35.5. The van der Waals surface area contributed by atoms with Crippen LogP contribution in [0.1, 0.15) is 16.7 Å². The van der Waals surface area contributed by atoms with Gasteiger partial charge in [-0.3, -0.25) is 14.9 Å². The standard InChI is InChI=1S/C17H13BClF3N2O3S/c1-8-4-11(27-13-12(19)5-10(7-23-13)17(20,21)22)3-2-9(8)6-16(18)14(25)24-15(26)28-16/h2-5,7H,6,18H2,1H3,(H,24,25,26). The van der Waals surface area contributed by atoms with E-state index < -0.39 is 16.4 Å². The minimum absolute atomic E-state index is 0.148. The van der Waals surface area contributed by atoms with Gasteiger partial charge >= 0.3 is 6.18 Å². The van der Waals surface area contributed by atoms with E-state index in [-0.39, 0.29) is 22.0 Å². The number of carbonyl (C=O) groups excluding carboxylic acids is 2. The first-order chi connectivity index (χ1) is 13.0. The van der Waals surface area contributed by atoms with Crippen molar-refractivity contribution in [3.05, 3.63) is 52.2 Å². The molecule has 2 heterocycles. The average Bonchev–Trinajstić information content (AvgIpc) is 2.83. The number of nitrogens with one attached hydrogen (secondary N) is 1. The lowest BCUT2D eigenvalue weighted by Gasteiger charge is -2.20. The molecule has 0 saturated carbocycles. The van der Waals surface area contributed by atoms with E-state index in [2.05, 4.69) is 10.3 Å². The first kappa shape index (κ1) is 20.5. The van der Waals surface area contributed by atoms with Crippen molar-refractivity contribution in [2.45, 2.75) is 24.2 Å². The van der Waals surface area contributed by atoms with Gasteiger partial charge in [0.05, 0.1) is 10.2 Å². The lowest BCUT2D eigenvalue weighted by atomic mass is 9.79. The Morgan fingerprint density at radius 2 is 2.04 bits per heavy atom. The lowest BCUT2D eigenvalue weighted by Crippen LogP contribution is -2.39. The van der Waals surface area contributed by atoms with E-state index in [0.29, 0.717) is 18.4 Å². The predicted octanol–water partition coefficient (Wildman–Crippen LogP) is 3.71. The summed E-state index contributed by atoms with van der Waals surface area (Å²) in [5.41, 5.74) is 0.652. The summed E-state index contributed by atoms with van der Waals surface area (Å²) in [6.07, 6.45) is -3.56. The topological polar surface area (TPSA) is 68.3 Å². The molecule has 0 aliphatic carbocycles. The number of carbonyl (C=O) groups is 2. The van der Waals surface area contributed by atoms with E-state index >= 15 is 0 Å². The second kappa shape index (κ2) is 7.33. The van der Waals surface area contributed by atoms with Gasteiger partial charge in [0, 0.05) is 6.20 Å². The Hall–Kier alpha value is -2.20. The molecule has 1 aliphatic heterocycles. The number of halogens is 4. The molecule has 1 atom stereocenters. The van der Waals surface area contributed by atoms with E-state index in [1.54, 1.807) is 33.0 Å². The largest absolute Gasteiger partial charge is 0.438 e. The number of thioether (sulfide) groups is 1. The number of aryl methyl sites for hydroxylation is 1. The third-order valence-electron chi connectivity index (χ3n) is 4.20. The highest BCUT2D eigenvalue weighted by Gasteiger charge is 2.43. The minimum atomic E-state index is -4.55. The molecule has 0 radical (unpaired) electrons. The molecular formula is C17H13BClF3N2O3S. The van der Waals surface area contributed by atoms with Crippen LogP contribution in [0.4, 0.5) is 18.0 Å². The van der Waals surface area contributed by atoms with E-state index in [1.807, 2.05) is 0 Å². The Morgan fingerprint density at radius 1 is 1.32 bits per heavy atom. The van der Waals surface area contributed by atoms with Crippen LogP contribution in [-0.4, -0.2) is 28.6 Å². The molecular weight excluding hydrogens is 416 g/mol. The molecule has 1 saturated heterocycles. The zero-order chi connectivity index (χ0) is 20.7. The number of ether oxygens (including phenoxy) is 1. The van der Waals surface area contributed by atoms with E-state index in [1.165, 1.54) is 0 Å². The maximum absolute atomic E-state index is 12.7. The van der Waals surface area contributed by atoms with Crippen LogP contribution in [0.2, 0.25) is 5.02 Å². The normalized spacial score (nSPS) is 19.6. The number of benzene rings is 1. The van der Waals surface area contributed by atoms with Gasteiger partial charge in [-0.1, -0.05) is 29.4 Å². The summed E-state index contributed by atoms with van der Waals surface area (Å²) < 4.78 is 42.6. The number of pyridine rings is 1. The number of nitrogens with zero attached hydrogens (tertiary/aromatic N) is 1. The summed E-state index contributed by atoms with van der Waals surface area (Å²) in [4.78, 5) is 27.1. The Kier molecular flexibility index (Phi) is 5.37. The third-order valence-corrected chi connectivity index (χ3v) is 5.54. The Morgan fingerprint density at radius 3 is 2.57 bits per heavy atom. The van der Waals surface area contributed by atoms with Gasteiger partial charge in [0.15, 0.2) is 0 Å². The van der Waals surface area contributed by atoms with Crippen LogP contribution >= 0.6 is 23.4 Å². The van der Waals surface area contributed by atoms with Gasteiger partial charge in [0.25, 0.3) is 5.24 Å². The fraction of sp³-hybridized carbons (Fsp3) is 0.235. The summed E-state index contributed by atoms with van der Waals surface area (Å²) in [7, 11) is 1.69. The molecule has 3 rings (SSSR count). The first-order valence-electron chi connectivity index (χ1n) is 8.02. The zero-order valence-electron chi connectivity index (χ0n) is 14.7. The fourth-order valence-corrected chi connectivity index (χ4v) is 3.81. The number of amides is 2. The third kappa shape index (κ3) is 4.28. The van der Waals surface area contributed by atoms with Crippen LogP contribution in [0.3, 0.4) is 0 Å². The van der Waals surface area contributed by atoms with Gasteiger partial charge in [-0.05, 0) is 42.7 Å². The SMILES string of the molecule is BC1(Cc2ccc(Oc3ncc(C(F)(F)F)cc3Cl)cc2C)SC(=O)NC1=O. The maximum atomic E-state index is 12.7. The fourth-order valence-electron chi connectivity index (χ4n) is 2.68. The number of aromatic nitrogens is 1. The van der Waals surface area contributed by atoms with Crippen molar-refractivity contribution in [3.63, 3.8) is 0 Å². The lowest BCUT2D eigenvalue weighted by molar-refractivity contribution is -0.137. The first-order valence-corrected chi connectivity index (χ1v) is 9.22. The zero-order valence-corrected chi connectivity index (χ0v) is 16.3. The number of rotatable bonds is 4. The quantitative estimate of drug-likeness (QED) is 0.752. The Bertz CT molecular complexity index is 973. The average molecular weight is 429 g/mol. The van der Waals surface area contributed by atoms with Gasteiger partial charge in [0.1, 0.15) is 18.6 Å². The molecule has 11 heteroatoms. The summed E-state index contributed by atoms with van der Waals surface area (Å²) in [5, 5.41) is 1.63. The number of alkyl halides is 3. The van der Waals surface area contributed by atoms with Crippen LogP contribution < -0.4 is 10.1 Å². The van der Waals surface area contributed by atoms with Gasteiger partial charge in [-0.25, -0.2) is 4.98 Å². The minimum Gasteiger partial charge on any atom is -0.438 e. The van der Waals surface area contributed by atoms with Gasteiger partial charge in [-0.15, -0.1) is 0 Å². The van der Waals surface area contributed by atoms with E-state index in [4.69, 9.17) is 16.3 Å². The highest BCUT2D eigenvalue weighted by molar-refractivity contribution is 8.17. The molecule has 1 N–H and O–H groups in total. The van der Waals surface area contributed by atoms with Gasteiger partial charge in [0.2, 0.25) is 11.8 Å². The molecule has 1 aliphatic rings. The van der Waals surface area contributed by atoms with Crippen LogP contribution in [-0.2, 0) is 17.4 Å². The molecule has 0 spiro atoms. The second-order valence-electron chi connectivity index (χ2n) is 6.45. The molecule has 28 heavy (non-hydrogen) atoms. The number of hydrogen-bond acceptors (Lipinski definition) is 5. The molecule has 5 nitrogen and oxygen atoms in total. The molecule has 2 aromatic rings. The number of imide groups is 1. The molecule has 1 aromatic heterocycles. The summed E-state index contributed by atoms with van der Waals surface area (Å²) in [6.45, 7) is 1.80. The van der Waals surface area contributed by atoms with Crippen molar-refractivity contribution in [3.8, 4) is 11.6 Å². The van der Waals surface area contributed by atoms with E-state index in [9.17, 15) is 22.8 Å². The van der Waals surface area contributed by atoms with Gasteiger partial charge < -0.3 is 4.74 Å². The molecule has 2 amide bonds. The molecule has 1 fully saturated rings. The molecule has 1 aromatic carbocycles. The highest BCUT2D eigenvalue weighted by Crippen LogP contribution is 2.36. The summed E-state index contributed by atoms with van der Waals surface area (Å²) >= 11 is 6.79. The van der Waals surface area contributed by atoms with Crippen molar-refractivity contribution >= 4 is 42.4 Å². The van der Waals surface area contributed by atoms with Crippen molar-refractivity contribution in [2.24, 2.45) is 0 Å². The summed E-state index contributed by atoms with van der Waals surface area (Å²) in [5.74, 6) is -0.159. The Labute approximate surface area is 168 Å². The smallest absolute Gasteiger partial charge is 0.417 e. The molecule has 0 bridgehead atoms. The van der Waals surface area contributed by atoms with Crippen molar-refractivity contribution in [2.75, 3.05) is 0 Å². The van der Waals surface area contributed by atoms with Crippen LogP contribution in [0.25, 0.3) is 0 Å². The second-order valence-corrected chi connectivity index (χ2v) is 8.33. The Balaban J connectivity index is 1.78. The summed E-state index contributed by atoms with van der Waals surface area (Å²) in [6, 6.07) is 5.73. The van der Waals surface area contributed by atoms with Crippen molar-refractivity contribution in [1.29, 1.82) is 0 Å². The monoisotopic (exact) mass is 428 g/mol. The number of hydrogen-bond donors (Lipinski definition) is 1. The maximum Gasteiger partial charge on any atom is 0.417 e. The van der Waals surface area contributed by atoms with Crippen molar-refractivity contribution < 1.29 is 27.5 Å². The molecule has 146 valence electrons. The van der Waals surface area contributed by atoms with Crippen molar-refractivity contribution in [1.82, 2.24) is 10.3 Å².